The maximum absolute atomic E-state index is 6.83. The van der Waals surface area contributed by atoms with Crippen molar-refractivity contribution in [3.63, 3.8) is 0 Å². The van der Waals surface area contributed by atoms with Crippen LogP contribution in [0.4, 0.5) is 34.1 Å². The molecule has 0 fully saturated rings. The predicted molar refractivity (Wildman–Crippen MR) is 387 cm³/mol. The lowest BCUT2D eigenvalue weighted by Gasteiger charge is -2.44. The van der Waals surface area contributed by atoms with E-state index in [4.69, 9.17) is 34.3 Å². The largest absolute Gasteiger partial charge is 0.455 e. The number of hydrogen-bond donors (Lipinski definition) is 0. The van der Waals surface area contributed by atoms with Gasteiger partial charge < -0.3 is 18.8 Å². The molecule has 4 aromatic heterocycles. The minimum Gasteiger partial charge on any atom is -0.455 e. The van der Waals surface area contributed by atoms with Crippen LogP contribution in [0.5, 0.6) is 0 Å². The van der Waals surface area contributed by atoms with E-state index in [2.05, 4.69) is 239 Å². The smallest absolute Gasteiger partial charge is 0.252 e. The minimum absolute atomic E-state index is 0.0214. The molecule has 17 aromatic rings. The Morgan fingerprint density at radius 1 is 0.274 bits per heavy atom. The van der Waals surface area contributed by atoms with E-state index in [1.165, 1.54) is 16.4 Å². The molecule has 0 spiro atoms. The van der Waals surface area contributed by atoms with Crippen LogP contribution in [0.25, 0.3) is 129 Å². The maximum atomic E-state index is 6.83. The molecule has 0 amide bonds. The fraction of sp³-hybridized carbons (Fsp3) is 0. The van der Waals surface area contributed by atoms with Crippen LogP contribution >= 0.6 is 0 Å². The van der Waals surface area contributed by atoms with Crippen molar-refractivity contribution in [3.05, 3.63) is 315 Å². The summed E-state index contributed by atoms with van der Waals surface area (Å²) in [6, 6.07) is 111. The zero-order valence-corrected chi connectivity index (χ0v) is 51.0. The average Bonchev–Trinajstić information content (AvgIpc) is 0.998. The fourth-order valence-electron chi connectivity index (χ4n) is 14.4. The first-order chi connectivity index (χ1) is 47.1. The Morgan fingerprint density at radius 3 is 1.31 bits per heavy atom. The molecule has 0 saturated carbocycles. The van der Waals surface area contributed by atoms with Crippen LogP contribution in [0.3, 0.4) is 0 Å². The van der Waals surface area contributed by atoms with Crippen LogP contribution in [0, 0.1) is 0 Å². The van der Waals surface area contributed by atoms with Gasteiger partial charge in [-0.1, -0.05) is 218 Å². The number of para-hydroxylation sites is 6. The van der Waals surface area contributed by atoms with Gasteiger partial charge in [0.15, 0.2) is 34.9 Å². The molecule has 0 radical (unpaired) electrons. The molecule has 0 saturated heterocycles. The number of rotatable bonds is 10. The number of nitrogens with zero attached hydrogens (tertiary/aromatic N) is 9. The summed E-state index contributed by atoms with van der Waals surface area (Å²) in [5.74, 6) is 3.12. The number of furan rings is 1. The third kappa shape index (κ3) is 8.89. The lowest BCUT2D eigenvalue weighted by Crippen LogP contribution is -2.61. The van der Waals surface area contributed by atoms with Crippen LogP contribution in [-0.4, -0.2) is 41.2 Å². The highest BCUT2D eigenvalue weighted by atomic mass is 16.3. The first kappa shape index (κ1) is 53.9. The van der Waals surface area contributed by atoms with E-state index in [0.717, 1.165) is 128 Å². The molecule has 6 heterocycles. The van der Waals surface area contributed by atoms with Crippen molar-refractivity contribution >= 4 is 101 Å². The summed E-state index contributed by atoms with van der Waals surface area (Å²) >= 11 is 0. The third-order valence-electron chi connectivity index (χ3n) is 18.7. The van der Waals surface area contributed by atoms with E-state index in [1.54, 1.807) is 0 Å². The summed E-state index contributed by atoms with van der Waals surface area (Å²) in [6.07, 6.45) is 0. The van der Waals surface area contributed by atoms with E-state index in [-0.39, 0.29) is 6.71 Å². The SMILES string of the molecule is c1ccc(-c2nc(-c3ccccc3)nc(-c3ccc(-n4c5ccccc5c5c6oc7ccccc7c6ccc54)c(-c4nc(-c5ccccc5)nc(-c5cccc(-c6cc7c8c(c6)N(c6ccccc6)c6ccccc6B8c6ccccc6N7c6ccccc6)c5)n4)c3)n2)cc1. The van der Waals surface area contributed by atoms with Crippen LogP contribution in [0.2, 0.25) is 0 Å². The van der Waals surface area contributed by atoms with Gasteiger partial charge in [0, 0.05) is 83.7 Å². The van der Waals surface area contributed by atoms with Gasteiger partial charge in [-0.25, -0.2) is 29.9 Å². The molecule has 11 heteroatoms. The minimum atomic E-state index is -0.0214. The predicted octanol–water partition coefficient (Wildman–Crippen LogP) is 18.8. The number of aromatic nitrogens is 7. The van der Waals surface area contributed by atoms with Crippen molar-refractivity contribution < 1.29 is 4.42 Å². The van der Waals surface area contributed by atoms with Gasteiger partial charge >= 0.3 is 0 Å². The molecule has 2 aliphatic heterocycles. The molecule has 0 atom stereocenters. The molecule has 2 aliphatic rings. The summed E-state index contributed by atoms with van der Waals surface area (Å²) in [4.78, 5) is 37.1. The summed E-state index contributed by atoms with van der Waals surface area (Å²) in [6.45, 7) is -0.0214. The molecule has 13 aromatic carbocycles. The summed E-state index contributed by atoms with van der Waals surface area (Å²) < 4.78 is 9.16. The van der Waals surface area contributed by atoms with Gasteiger partial charge in [-0.15, -0.1) is 0 Å². The average molecular weight is 1210 g/mol. The standard InChI is InChI=1S/C84H52BN9O/c1-6-25-53(26-7-1)79-86-80(54-27-8-2-9-28-54)88-83(87-79)58-45-47-69(94-68-41-20-16-38-64(68)76-72(94)48-46-63-62-37-17-23-44-75(62)95-78(63)76)65(50-58)84-90-81(55-29-10-3-11-30-55)89-82(91-84)57-32-24-31-56(49-57)59-51-73-77-74(52-59)93(61-35-14-5-15-36-61)71-43-22-19-40-67(71)85(77)66-39-18-21-42-70(66)92(73)60-33-12-4-13-34-60/h1-52H. The Labute approximate surface area is 547 Å². The maximum Gasteiger partial charge on any atom is 0.252 e. The molecule has 19 rings (SSSR count). The van der Waals surface area contributed by atoms with Crippen LogP contribution in [0.1, 0.15) is 0 Å². The Balaban J connectivity index is 0.847. The summed E-state index contributed by atoms with van der Waals surface area (Å²) in [5.41, 5.74) is 21.9. The Kier molecular flexibility index (Phi) is 12.5. The van der Waals surface area contributed by atoms with Crippen molar-refractivity contribution in [2.75, 3.05) is 9.80 Å². The van der Waals surface area contributed by atoms with E-state index in [9.17, 15) is 0 Å². The monoisotopic (exact) mass is 1210 g/mol. The zero-order chi connectivity index (χ0) is 62.5. The van der Waals surface area contributed by atoms with Gasteiger partial charge in [-0.2, -0.15) is 0 Å². The van der Waals surface area contributed by atoms with Crippen LogP contribution in [-0.2, 0) is 0 Å². The Hall–Kier alpha value is -12.9. The molecule has 0 bridgehead atoms. The van der Waals surface area contributed by atoms with E-state index < -0.39 is 0 Å². The van der Waals surface area contributed by atoms with Gasteiger partial charge in [0.25, 0.3) is 6.71 Å². The molecule has 0 unspecified atom stereocenters. The Bertz CT molecular complexity index is 5710. The lowest BCUT2D eigenvalue weighted by molar-refractivity contribution is 0.673. The van der Waals surface area contributed by atoms with Crippen molar-refractivity contribution in [1.82, 2.24) is 34.5 Å². The van der Waals surface area contributed by atoms with Crippen molar-refractivity contribution in [3.8, 4) is 85.1 Å². The fourth-order valence-corrected chi connectivity index (χ4v) is 14.4. The highest BCUT2D eigenvalue weighted by Gasteiger charge is 2.43. The van der Waals surface area contributed by atoms with E-state index >= 15 is 0 Å². The van der Waals surface area contributed by atoms with Crippen molar-refractivity contribution in [2.45, 2.75) is 0 Å². The normalized spacial score (nSPS) is 12.4. The third-order valence-corrected chi connectivity index (χ3v) is 18.7. The zero-order valence-electron chi connectivity index (χ0n) is 51.0. The lowest BCUT2D eigenvalue weighted by atomic mass is 9.33. The highest BCUT2D eigenvalue weighted by molar-refractivity contribution is 7.00. The number of fused-ring (bicyclic) bond motifs is 11. The molecule has 0 aliphatic carbocycles. The molecular formula is C84H52BN9O. The summed E-state index contributed by atoms with van der Waals surface area (Å²) in [7, 11) is 0. The van der Waals surface area contributed by atoms with Gasteiger partial charge in [0.1, 0.15) is 11.2 Å². The molecule has 0 N–H and O–H groups in total. The number of anilines is 6. The number of benzene rings is 13. The quantitative estimate of drug-likeness (QED) is 0.124. The van der Waals surface area contributed by atoms with Gasteiger partial charge in [-0.3, -0.25) is 0 Å². The molecule has 95 heavy (non-hydrogen) atoms. The molecular weight excluding hydrogens is 1160 g/mol. The Morgan fingerprint density at radius 2 is 0.726 bits per heavy atom. The van der Waals surface area contributed by atoms with Crippen molar-refractivity contribution in [1.29, 1.82) is 0 Å². The van der Waals surface area contributed by atoms with Gasteiger partial charge in [-0.05, 0) is 125 Å². The topological polar surface area (TPSA) is 102 Å². The second-order valence-corrected chi connectivity index (χ2v) is 24.1. The van der Waals surface area contributed by atoms with E-state index in [0.29, 0.717) is 34.9 Å². The van der Waals surface area contributed by atoms with E-state index in [1.807, 2.05) is 91.0 Å². The van der Waals surface area contributed by atoms with Crippen molar-refractivity contribution in [2.24, 2.45) is 0 Å². The first-order valence-corrected chi connectivity index (χ1v) is 32.0. The molecule has 442 valence electrons. The van der Waals surface area contributed by atoms with Gasteiger partial charge in [0.2, 0.25) is 0 Å². The van der Waals surface area contributed by atoms with Crippen LogP contribution in [0.15, 0.2) is 320 Å². The van der Waals surface area contributed by atoms with Crippen LogP contribution < -0.4 is 26.2 Å². The second kappa shape index (κ2) is 21.9. The molecule has 10 nitrogen and oxygen atoms in total. The second-order valence-electron chi connectivity index (χ2n) is 24.1. The number of hydrogen-bond acceptors (Lipinski definition) is 9. The summed E-state index contributed by atoms with van der Waals surface area (Å²) in [5, 5.41) is 4.19. The van der Waals surface area contributed by atoms with Gasteiger partial charge in [0.05, 0.1) is 22.1 Å². The first-order valence-electron chi connectivity index (χ1n) is 32.0. The highest BCUT2D eigenvalue weighted by Crippen LogP contribution is 2.48.